The van der Waals surface area contributed by atoms with Crippen LogP contribution in [-0.4, -0.2) is 31.8 Å². The SMILES string of the molecule is N#CC(C=Nc1ccc(Br)cn1)c1nn[nH]n1. The van der Waals surface area contributed by atoms with Crippen LogP contribution in [0.15, 0.2) is 27.8 Å². The van der Waals surface area contributed by atoms with Crippen molar-refractivity contribution < 1.29 is 0 Å². The molecular weight excluding hydrogens is 286 g/mol. The van der Waals surface area contributed by atoms with Crippen LogP contribution in [0.4, 0.5) is 5.82 Å². The topological polar surface area (TPSA) is 103 Å². The number of aliphatic imine (C=N–C) groups is 1. The average molecular weight is 292 g/mol. The second-order valence-corrected chi connectivity index (χ2v) is 3.91. The molecule has 1 N–H and O–H groups in total. The normalized spacial score (nSPS) is 12.5. The summed E-state index contributed by atoms with van der Waals surface area (Å²) in [5.74, 6) is 0.157. The average Bonchev–Trinajstić information content (AvgIpc) is 2.86. The van der Waals surface area contributed by atoms with Crippen LogP contribution < -0.4 is 0 Å². The van der Waals surface area contributed by atoms with Gasteiger partial charge in [-0.05, 0) is 28.1 Å². The molecule has 1 unspecified atom stereocenters. The number of pyridine rings is 1. The number of nitriles is 1. The molecular formula is C9H6BrN7. The Kier molecular flexibility index (Phi) is 3.52. The Morgan fingerprint density at radius 3 is 3.00 bits per heavy atom. The summed E-state index contributed by atoms with van der Waals surface area (Å²) in [7, 11) is 0. The van der Waals surface area contributed by atoms with Gasteiger partial charge < -0.3 is 0 Å². The fourth-order valence-electron chi connectivity index (χ4n) is 1.05. The lowest BCUT2D eigenvalue weighted by Crippen LogP contribution is -1.99. The number of nitrogens with one attached hydrogen (secondary N) is 1. The summed E-state index contributed by atoms with van der Waals surface area (Å²) in [5, 5.41) is 22.1. The van der Waals surface area contributed by atoms with E-state index in [2.05, 4.69) is 46.5 Å². The van der Waals surface area contributed by atoms with Crippen molar-refractivity contribution in [3.63, 3.8) is 0 Å². The summed E-state index contributed by atoms with van der Waals surface area (Å²) >= 11 is 3.27. The summed E-state index contributed by atoms with van der Waals surface area (Å²) in [6.45, 7) is 0. The van der Waals surface area contributed by atoms with E-state index in [1.165, 1.54) is 6.21 Å². The quantitative estimate of drug-likeness (QED) is 0.860. The molecule has 0 radical (unpaired) electrons. The molecule has 2 aromatic rings. The number of halogens is 1. The number of tetrazole rings is 1. The van der Waals surface area contributed by atoms with Crippen molar-refractivity contribution in [2.75, 3.05) is 0 Å². The van der Waals surface area contributed by atoms with Gasteiger partial charge in [0.15, 0.2) is 11.6 Å². The number of nitrogens with zero attached hydrogens (tertiary/aromatic N) is 6. The first kappa shape index (κ1) is 11.3. The smallest absolute Gasteiger partial charge is 0.197 e. The van der Waals surface area contributed by atoms with Crippen LogP contribution in [0, 0.1) is 11.3 Å². The van der Waals surface area contributed by atoms with Crippen molar-refractivity contribution in [1.29, 1.82) is 5.26 Å². The molecule has 0 aliphatic rings. The molecule has 0 saturated heterocycles. The van der Waals surface area contributed by atoms with Crippen LogP contribution >= 0.6 is 15.9 Å². The van der Waals surface area contributed by atoms with E-state index in [-0.39, 0.29) is 5.82 Å². The molecule has 0 bridgehead atoms. The van der Waals surface area contributed by atoms with E-state index >= 15 is 0 Å². The minimum atomic E-state index is -0.640. The third-order valence-electron chi connectivity index (χ3n) is 1.85. The Morgan fingerprint density at radius 2 is 2.41 bits per heavy atom. The van der Waals surface area contributed by atoms with Gasteiger partial charge in [0.2, 0.25) is 0 Å². The van der Waals surface area contributed by atoms with Crippen LogP contribution in [0.5, 0.6) is 0 Å². The van der Waals surface area contributed by atoms with Crippen molar-refractivity contribution in [1.82, 2.24) is 25.6 Å². The maximum absolute atomic E-state index is 8.93. The third-order valence-corrected chi connectivity index (χ3v) is 2.32. The first-order chi connectivity index (χ1) is 8.29. The first-order valence-corrected chi connectivity index (χ1v) is 5.37. The minimum Gasteiger partial charge on any atom is -0.240 e. The Labute approximate surface area is 105 Å². The highest BCUT2D eigenvalue weighted by Crippen LogP contribution is 2.14. The Morgan fingerprint density at radius 1 is 1.53 bits per heavy atom. The molecule has 0 aliphatic carbocycles. The monoisotopic (exact) mass is 291 g/mol. The van der Waals surface area contributed by atoms with Gasteiger partial charge in [-0.1, -0.05) is 5.21 Å². The number of aromatic amines is 1. The number of H-pyrrole nitrogens is 1. The maximum Gasteiger partial charge on any atom is 0.197 e. The summed E-state index contributed by atoms with van der Waals surface area (Å²) in [4.78, 5) is 8.12. The highest BCUT2D eigenvalue weighted by atomic mass is 79.9. The molecule has 0 spiro atoms. The molecule has 1 atom stereocenters. The van der Waals surface area contributed by atoms with Gasteiger partial charge in [-0.15, -0.1) is 10.2 Å². The second kappa shape index (κ2) is 5.27. The summed E-state index contributed by atoms with van der Waals surface area (Å²) in [6, 6.07) is 5.56. The Hall–Kier alpha value is -2.14. The van der Waals surface area contributed by atoms with Gasteiger partial charge in [0.25, 0.3) is 0 Å². The molecule has 0 aromatic carbocycles. The van der Waals surface area contributed by atoms with Gasteiger partial charge in [0, 0.05) is 16.9 Å². The predicted octanol–water partition coefficient (Wildman–Crippen LogP) is 1.37. The molecule has 8 heteroatoms. The number of hydrogen-bond donors (Lipinski definition) is 1. The maximum atomic E-state index is 8.93. The third kappa shape index (κ3) is 2.92. The van der Waals surface area contributed by atoms with Gasteiger partial charge in [-0.3, -0.25) is 0 Å². The van der Waals surface area contributed by atoms with Crippen molar-refractivity contribution in [3.05, 3.63) is 28.6 Å². The largest absolute Gasteiger partial charge is 0.240 e. The first-order valence-electron chi connectivity index (χ1n) is 4.58. The molecule has 7 nitrogen and oxygen atoms in total. The lowest BCUT2D eigenvalue weighted by molar-refractivity contribution is 0.881. The molecule has 0 saturated carbocycles. The van der Waals surface area contributed by atoms with Gasteiger partial charge in [0.05, 0.1) is 6.07 Å². The van der Waals surface area contributed by atoms with E-state index in [4.69, 9.17) is 5.26 Å². The van der Waals surface area contributed by atoms with Gasteiger partial charge in [-0.25, -0.2) is 9.98 Å². The van der Waals surface area contributed by atoms with Gasteiger partial charge in [-0.2, -0.15) is 10.5 Å². The Balaban J connectivity index is 2.14. The molecule has 0 fully saturated rings. The molecule has 2 heterocycles. The zero-order valence-corrected chi connectivity index (χ0v) is 10.0. The van der Waals surface area contributed by atoms with Crippen molar-refractivity contribution >= 4 is 28.0 Å². The highest BCUT2D eigenvalue weighted by molar-refractivity contribution is 9.10. The zero-order chi connectivity index (χ0) is 12.1. The number of hydrogen-bond acceptors (Lipinski definition) is 6. The molecule has 2 rings (SSSR count). The summed E-state index contributed by atoms with van der Waals surface area (Å²) in [5.41, 5.74) is 0. The van der Waals surface area contributed by atoms with E-state index in [1.807, 2.05) is 12.1 Å². The lowest BCUT2D eigenvalue weighted by atomic mass is 10.2. The van der Waals surface area contributed by atoms with Crippen LogP contribution in [-0.2, 0) is 0 Å². The number of rotatable bonds is 3. The second-order valence-electron chi connectivity index (χ2n) is 2.99. The summed E-state index contributed by atoms with van der Waals surface area (Å²) < 4.78 is 0.867. The summed E-state index contributed by atoms with van der Waals surface area (Å²) in [6.07, 6.45) is 3.06. The van der Waals surface area contributed by atoms with Crippen LogP contribution in [0.2, 0.25) is 0 Å². The van der Waals surface area contributed by atoms with Crippen LogP contribution in [0.1, 0.15) is 11.7 Å². The van der Waals surface area contributed by atoms with Gasteiger partial charge >= 0.3 is 0 Å². The van der Waals surface area contributed by atoms with Crippen LogP contribution in [0.3, 0.4) is 0 Å². The molecule has 0 aliphatic heterocycles. The van der Waals surface area contributed by atoms with E-state index < -0.39 is 5.92 Å². The standard InChI is InChI=1S/C9H6BrN7/c10-7-1-2-8(13-5-7)12-4-6(3-11)9-14-16-17-15-9/h1-2,4-6H,(H,14,15,16,17). The predicted molar refractivity (Wildman–Crippen MR) is 62.6 cm³/mol. The van der Waals surface area contributed by atoms with E-state index in [1.54, 1.807) is 12.3 Å². The van der Waals surface area contributed by atoms with Crippen molar-refractivity contribution in [2.45, 2.75) is 5.92 Å². The van der Waals surface area contributed by atoms with Crippen LogP contribution in [0.25, 0.3) is 0 Å². The molecule has 84 valence electrons. The van der Waals surface area contributed by atoms with E-state index in [9.17, 15) is 0 Å². The highest BCUT2D eigenvalue weighted by Gasteiger charge is 2.12. The van der Waals surface area contributed by atoms with Gasteiger partial charge in [0.1, 0.15) is 5.92 Å². The van der Waals surface area contributed by atoms with E-state index in [0.29, 0.717) is 5.82 Å². The Bertz CT molecular complexity index is 540. The lowest BCUT2D eigenvalue weighted by Gasteiger charge is -1.95. The van der Waals surface area contributed by atoms with Crippen molar-refractivity contribution in [2.24, 2.45) is 4.99 Å². The molecule has 2 aromatic heterocycles. The molecule has 0 amide bonds. The fourth-order valence-corrected chi connectivity index (χ4v) is 1.29. The number of aromatic nitrogens is 5. The molecule has 17 heavy (non-hydrogen) atoms. The minimum absolute atomic E-state index is 0.286. The zero-order valence-electron chi connectivity index (χ0n) is 8.45. The van der Waals surface area contributed by atoms with Crippen molar-refractivity contribution in [3.8, 4) is 6.07 Å². The fraction of sp³-hybridized carbons (Fsp3) is 0.111. The van der Waals surface area contributed by atoms with E-state index in [0.717, 1.165) is 4.47 Å².